The van der Waals surface area contributed by atoms with Gasteiger partial charge >= 0.3 is 0 Å². The molecular weight excluding hydrogens is 368 g/mol. The van der Waals surface area contributed by atoms with Crippen molar-refractivity contribution in [2.45, 2.75) is 13.8 Å². The summed E-state index contributed by atoms with van der Waals surface area (Å²) in [6.07, 6.45) is 3.03. The summed E-state index contributed by atoms with van der Waals surface area (Å²) in [5.41, 5.74) is 1.53. The molecule has 0 heterocycles. The van der Waals surface area contributed by atoms with Crippen molar-refractivity contribution >= 4 is 46.6 Å². The van der Waals surface area contributed by atoms with E-state index < -0.39 is 0 Å². The molecule has 2 N–H and O–H groups in total. The molecule has 0 aliphatic rings. The van der Waals surface area contributed by atoms with E-state index in [9.17, 15) is 4.79 Å². The number of carbonyl (C=O) groups is 1. The number of hydrogen-bond acceptors (Lipinski definition) is 3. The zero-order valence-corrected chi connectivity index (χ0v) is 16.2. The molecule has 0 saturated heterocycles. The van der Waals surface area contributed by atoms with E-state index in [1.54, 1.807) is 12.1 Å². The Balaban J connectivity index is 1.84. The van der Waals surface area contributed by atoms with Gasteiger partial charge in [0, 0.05) is 16.8 Å². The average molecular weight is 389 g/mol. The Kier molecular flexibility index (Phi) is 7.63. The van der Waals surface area contributed by atoms with Crippen LogP contribution in [0.1, 0.15) is 19.4 Å². The Morgan fingerprint density at radius 3 is 2.54 bits per heavy atom. The number of halogens is 1. The highest BCUT2D eigenvalue weighted by atomic mass is 35.5. The van der Waals surface area contributed by atoms with Gasteiger partial charge in [-0.2, -0.15) is 0 Å². The highest BCUT2D eigenvalue weighted by Gasteiger charge is 2.03. The van der Waals surface area contributed by atoms with Gasteiger partial charge in [-0.25, -0.2) is 0 Å². The third-order valence-electron chi connectivity index (χ3n) is 3.25. The molecule has 26 heavy (non-hydrogen) atoms. The number of benzene rings is 2. The molecule has 0 bridgehead atoms. The number of nitrogens with one attached hydrogen (secondary N) is 2. The van der Waals surface area contributed by atoms with E-state index in [4.69, 9.17) is 28.6 Å². The van der Waals surface area contributed by atoms with Gasteiger partial charge in [0.2, 0.25) is 5.91 Å². The van der Waals surface area contributed by atoms with Crippen molar-refractivity contribution < 1.29 is 9.53 Å². The van der Waals surface area contributed by atoms with E-state index in [0.717, 1.165) is 17.0 Å². The lowest BCUT2D eigenvalue weighted by Gasteiger charge is -2.11. The minimum absolute atomic E-state index is 0.217. The Hall–Kier alpha value is -2.37. The van der Waals surface area contributed by atoms with E-state index in [2.05, 4.69) is 24.5 Å². The van der Waals surface area contributed by atoms with Gasteiger partial charge < -0.3 is 10.1 Å². The maximum Gasteiger partial charge on any atom is 0.250 e. The number of anilines is 1. The number of carbonyl (C=O) groups excluding carboxylic acids is 1. The molecule has 0 spiro atoms. The molecule has 1 amide bonds. The summed E-state index contributed by atoms with van der Waals surface area (Å²) < 4.78 is 5.63. The van der Waals surface area contributed by atoms with Gasteiger partial charge in [0.1, 0.15) is 5.75 Å². The van der Waals surface area contributed by atoms with Crippen LogP contribution in [0.2, 0.25) is 5.02 Å². The molecule has 0 aliphatic carbocycles. The van der Waals surface area contributed by atoms with E-state index >= 15 is 0 Å². The summed E-state index contributed by atoms with van der Waals surface area (Å²) in [5, 5.41) is 6.35. The fourth-order valence-electron chi connectivity index (χ4n) is 1.99. The largest absolute Gasteiger partial charge is 0.493 e. The van der Waals surface area contributed by atoms with E-state index in [0.29, 0.717) is 17.5 Å². The van der Waals surface area contributed by atoms with Crippen molar-refractivity contribution in [3.8, 4) is 5.75 Å². The minimum atomic E-state index is -0.334. The van der Waals surface area contributed by atoms with Gasteiger partial charge in [0.05, 0.1) is 6.61 Å². The molecule has 0 saturated carbocycles. The van der Waals surface area contributed by atoms with E-state index in [-0.39, 0.29) is 11.0 Å². The monoisotopic (exact) mass is 388 g/mol. The van der Waals surface area contributed by atoms with Gasteiger partial charge in [-0.1, -0.05) is 43.6 Å². The maximum atomic E-state index is 11.9. The molecule has 0 aromatic heterocycles. The van der Waals surface area contributed by atoms with Crippen molar-refractivity contribution in [1.29, 1.82) is 0 Å². The van der Waals surface area contributed by atoms with Crippen LogP contribution < -0.4 is 15.4 Å². The van der Waals surface area contributed by atoms with Crippen molar-refractivity contribution in [3.63, 3.8) is 0 Å². The fourth-order valence-corrected chi connectivity index (χ4v) is 2.41. The Morgan fingerprint density at radius 2 is 1.88 bits per heavy atom. The molecule has 0 fully saturated rings. The molecular formula is C20H21ClN2O2S. The first-order valence-electron chi connectivity index (χ1n) is 8.21. The fraction of sp³-hybridized carbons (Fsp3) is 0.200. The zero-order valence-electron chi connectivity index (χ0n) is 14.7. The first-order chi connectivity index (χ1) is 12.4. The highest BCUT2D eigenvalue weighted by molar-refractivity contribution is 7.80. The predicted molar refractivity (Wildman–Crippen MR) is 112 cm³/mol. The molecule has 0 aliphatic heterocycles. The standard InChI is InChI=1S/C20H21ClN2O2S/c1-14(2)13-25-17-10-8-16(9-11-17)22-20(26)23-19(24)12-7-15-5-3-4-6-18(15)21/h3-12,14H,13H2,1-2H3,(H2,22,23,24,26). The number of thiocarbonyl (C=S) groups is 1. The summed E-state index contributed by atoms with van der Waals surface area (Å²) >= 11 is 11.2. The lowest BCUT2D eigenvalue weighted by atomic mass is 10.2. The molecule has 0 unspecified atom stereocenters. The lowest BCUT2D eigenvalue weighted by Crippen LogP contribution is -2.32. The normalized spacial score (nSPS) is 10.8. The summed E-state index contributed by atoms with van der Waals surface area (Å²) in [4.78, 5) is 11.9. The van der Waals surface area contributed by atoms with E-state index in [1.807, 2.05) is 42.5 Å². The number of rotatable bonds is 6. The Labute approximate surface area is 164 Å². The van der Waals surface area contributed by atoms with Crippen LogP contribution in [0.5, 0.6) is 5.75 Å². The molecule has 4 nitrogen and oxygen atoms in total. The minimum Gasteiger partial charge on any atom is -0.493 e. The summed E-state index contributed by atoms with van der Waals surface area (Å²) in [6.45, 7) is 4.85. The Morgan fingerprint density at radius 1 is 1.19 bits per heavy atom. The third kappa shape index (κ3) is 6.86. The third-order valence-corrected chi connectivity index (χ3v) is 3.80. The van der Waals surface area contributed by atoms with Crippen molar-refractivity contribution in [2.75, 3.05) is 11.9 Å². The summed E-state index contributed by atoms with van der Waals surface area (Å²) in [7, 11) is 0. The SMILES string of the molecule is CC(C)COc1ccc(NC(=S)NC(=O)C=Cc2ccccc2Cl)cc1. The average Bonchev–Trinajstić information content (AvgIpc) is 2.60. The van der Waals surface area contributed by atoms with Gasteiger partial charge in [0.15, 0.2) is 5.11 Å². The van der Waals surface area contributed by atoms with Gasteiger partial charge in [-0.15, -0.1) is 0 Å². The number of hydrogen-bond donors (Lipinski definition) is 2. The van der Waals surface area contributed by atoms with Crippen LogP contribution in [0.25, 0.3) is 6.08 Å². The zero-order chi connectivity index (χ0) is 18.9. The Bertz CT molecular complexity index is 789. The summed E-state index contributed by atoms with van der Waals surface area (Å²) in [5.74, 6) is 0.926. The smallest absolute Gasteiger partial charge is 0.250 e. The van der Waals surface area contributed by atoms with E-state index in [1.165, 1.54) is 6.08 Å². The second kappa shape index (κ2) is 9.94. The van der Waals surface area contributed by atoms with Crippen LogP contribution in [0.4, 0.5) is 5.69 Å². The molecule has 0 radical (unpaired) electrons. The van der Waals surface area contributed by atoms with Crippen LogP contribution in [0, 0.1) is 5.92 Å². The van der Waals surface area contributed by atoms with Crippen LogP contribution >= 0.6 is 23.8 Å². The topological polar surface area (TPSA) is 50.4 Å². The van der Waals surface area contributed by atoms with Crippen LogP contribution in [-0.2, 0) is 4.79 Å². The lowest BCUT2D eigenvalue weighted by molar-refractivity contribution is -0.115. The highest BCUT2D eigenvalue weighted by Crippen LogP contribution is 2.17. The summed E-state index contributed by atoms with van der Waals surface area (Å²) in [6, 6.07) is 14.7. The molecule has 2 aromatic carbocycles. The molecule has 136 valence electrons. The molecule has 2 aromatic rings. The van der Waals surface area contributed by atoms with Crippen molar-refractivity contribution in [3.05, 3.63) is 65.2 Å². The first kappa shape index (κ1) is 19.9. The van der Waals surface area contributed by atoms with Crippen LogP contribution in [-0.4, -0.2) is 17.6 Å². The van der Waals surface area contributed by atoms with Gasteiger partial charge in [-0.3, -0.25) is 10.1 Å². The number of amides is 1. The predicted octanol–water partition coefficient (Wildman–Crippen LogP) is 4.90. The molecule has 2 rings (SSSR count). The van der Waals surface area contributed by atoms with Gasteiger partial charge in [0.25, 0.3) is 0 Å². The van der Waals surface area contributed by atoms with Gasteiger partial charge in [-0.05, 0) is 60.1 Å². The number of ether oxygens (including phenoxy) is 1. The molecule has 0 atom stereocenters. The van der Waals surface area contributed by atoms with Crippen LogP contribution in [0.3, 0.4) is 0 Å². The van der Waals surface area contributed by atoms with Crippen molar-refractivity contribution in [2.24, 2.45) is 5.92 Å². The maximum absolute atomic E-state index is 11.9. The first-order valence-corrected chi connectivity index (χ1v) is 9.00. The van der Waals surface area contributed by atoms with Crippen molar-refractivity contribution in [1.82, 2.24) is 5.32 Å². The quantitative estimate of drug-likeness (QED) is 0.545. The molecule has 6 heteroatoms. The second-order valence-corrected chi connectivity index (χ2v) is 6.84. The second-order valence-electron chi connectivity index (χ2n) is 6.03. The van der Waals surface area contributed by atoms with Crippen LogP contribution in [0.15, 0.2) is 54.6 Å².